The summed E-state index contributed by atoms with van der Waals surface area (Å²) in [6, 6.07) is 13.2. The first kappa shape index (κ1) is 18.7. The van der Waals surface area contributed by atoms with E-state index in [4.69, 9.17) is 16.3 Å². The SMILES string of the molecule is CCSc1ccccc1NC(=O)[C@H](CC)Oc1ccc(Cl)c(C)c1. The fourth-order valence-electron chi connectivity index (χ4n) is 2.24. The molecule has 0 saturated heterocycles. The van der Waals surface area contributed by atoms with E-state index in [-0.39, 0.29) is 5.91 Å². The van der Waals surface area contributed by atoms with Gasteiger partial charge in [-0.15, -0.1) is 11.8 Å². The van der Waals surface area contributed by atoms with Gasteiger partial charge in [0, 0.05) is 9.92 Å². The Bertz CT molecular complexity index is 706. The summed E-state index contributed by atoms with van der Waals surface area (Å²) in [5.41, 5.74) is 1.75. The van der Waals surface area contributed by atoms with Crippen LogP contribution in [-0.4, -0.2) is 17.8 Å². The summed E-state index contributed by atoms with van der Waals surface area (Å²) in [5, 5.41) is 3.67. The molecular weight excluding hydrogens is 342 g/mol. The van der Waals surface area contributed by atoms with Gasteiger partial charge in [-0.25, -0.2) is 0 Å². The summed E-state index contributed by atoms with van der Waals surface area (Å²) in [6.45, 7) is 5.93. The Hall–Kier alpha value is -1.65. The maximum Gasteiger partial charge on any atom is 0.265 e. The zero-order chi connectivity index (χ0) is 17.5. The standard InChI is InChI=1S/C19H22ClNO2S/c1-4-17(23-14-10-11-15(20)13(3)12-14)19(22)21-16-8-6-7-9-18(16)24-5-2/h6-12,17H,4-5H2,1-3H3,(H,21,22)/t17-/m0/s1. The molecule has 0 saturated carbocycles. The smallest absolute Gasteiger partial charge is 0.265 e. The lowest BCUT2D eigenvalue weighted by Gasteiger charge is -2.19. The molecule has 2 aromatic rings. The van der Waals surface area contributed by atoms with Gasteiger partial charge in [-0.05, 0) is 55.0 Å². The Morgan fingerprint density at radius 1 is 1.25 bits per heavy atom. The van der Waals surface area contributed by atoms with Crippen molar-refractivity contribution in [2.24, 2.45) is 0 Å². The number of aryl methyl sites for hydroxylation is 1. The van der Waals surface area contributed by atoms with Crippen molar-refractivity contribution in [1.82, 2.24) is 0 Å². The van der Waals surface area contributed by atoms with Crippen molar-refractivity contribution in [2.45, 2.75) is 38.2 Å². The first-order chi connectivity index (χ1) is 11.5. The highest BCUT2D eigenvalue weighted by atomic mass is 35.5. The minimum absolute atomic E-state index is 0.144. The Balaban J connectivity index is 2.10. The largest absolute Gasteiger partial charge is 0.481 e. The second-order valence-electron chi connectivity index (χ2n) is 5.34. The summed E-state index contributed by atoms with van der Waals surface area (Å²) in [6.07, 6.45) is 0.0293. The van der Waals surface area contributed by atoms with Crippen LogP contribution < -0.4 is 10.1 Å². The quantitative estimate of drug-likeness (QED) is 0.655. The second kappa shape index (κ2) is 9.00. The van der Waals surface area contributed by atoms with Crippen molar-refractivity contribution in [1.29, 1.82) is 0 Å². The number of rotatable bonds is 7. The molecule has 2 aromatic carbocycles. The lowest BCUT2D eigenvalue weighted by atomic mass is 10.2. The first-order valence-electron chi connectivity index (χ1n) is 8.00. The molecule has 1 atom stereocenters. The van der Waals surface area contributed by atoms with E-state index in [0.29, 0.717) is 17.2 Å². The number of carbonyl (C=O) groups is 1. The minimum atomic E-state index is -0.551. The van der Waals surface area contributed by atoms with E-state index in [2.05, 4.69) is 12.2 Å². The van der Waals surface area contributed by atoms with E-state index < -0.39 is 6.10 Å². The first-order valence-corrected chi connectivity index (χ1v) is 9.37. The monoisotopic (exact) mass is 363 g/mol. The molecule has 0 aliphatic carbocycles. The van der Waals surface area contributed by atoms with Gasteiger partial charge in [0.2, 0.25) is 0 Å². The lowest BCUT2D eigenvalue weighted by molar-refractivity contribution is -0.122. The fourth-order valence-corrected chi connectivity index (χ4v) is 3.12. The number of carbonyl (C=O) groups excluding carboxylic acids is 1. The van der Waals surface area contributed by atoms with Crippen LogP contribution in [0, 0.1) is 6.92 Å². The molecule has 1 N–H and O–H groups in total. The van der Waals surface area contributed by atoms with Crippen molar-refractivity contribution in [3.8, 4) is 5.75 Å². The molecule has 0 unspecified atom stereocenters. The maximum absolute atomic E-state index is 12.6. The highest BCUT2D eigenvalue weighted by molar-refractivity contribution is 7.99. The predicted molar refractivity (Wildman–Crippen MR) is 102 cm³/mol. The fraction of sp³-hybridized carbons (Fsp3) is 0.316. The molecule has 5 heteroatoms. The van der Waals surface area contributed by atoms with Crippen LogP contribution in [0.4, 0.5) is 5.69 Å². The molecule has 24 heavy (non-hydrogen) atoms. The minimum Gasteiger partial charge on any atom is -0.481 e. The van der Waals surface area contributed by atoms with Gasteiger partial charge in [-0.3, -0.25) is 4.79 Å². The number of thioether (sulfide) groups is 1. The third-order valence-corrected chi connectivity index (χ3v) is 4.90. The zero-order valence-corrected chi connectivity index (χ0v) is 15.7. The highest BCUT2D eigenvalue weighted by Gasteiger charge is 2.19. The van der Waals surface area contributed by atoms with Crippen molar-refractivity contribution < 1.29 is 9.53 Å². The number of hydrogen-bond acceptors (Lipinski definition) is 3. The molecule has 2 rings (SSSR count). The molecule has 0 bridgehead atoms. The number of ether oxygens (including phenoxy) is 1. The number of halogens is 1. The maximum atomic E-state index is 12.6. The number of amides is 1. The van der Waals surface area contributed by atoms with E-state index in [0.717, 1.165) is 21.9 Å². The van der Waals surface area contributed by atoms with Crippen LogP contribution in [0.15, 0.2) is 47.4 Å². The Kier molecular flexibility index (Phi) is 7.00. The Labute approximate surface area is 152 Å². The summed E-state index contributed by atoms with van der Waals surface area (Å²) in [7, 11) is 0. The van der Waals surface area contributed by atoms with E-state index >= 15 is 0 Å². The van der Waals surface area contributed by atoms with Gasteiger partial charge in [0.15, 0.2) is 6.10 Å². The average Bonchev–Trinajstić information content (AvgIpc) is 2.57. The van der Waals surface area contributed by atoms with E-state index in [1.54, 1.807) is 23.9 Å². The van der Waals surface area contributed by atoms with E-state index in [1.807, 2.05) is 44.2 Å². The third-order valence-electron chi connectivity index (χ3n) is 3.52. The molecule has 0 heterocycles. The van der Waals surface area contributed by atoms with Crippen molar-refractivity contribution in [2.75, 3.05) is 11.1 Å². The summed E-state index contributed by atoms with van der Waals surface area (Å²) >= 11 is 7.73. The number of para-hydroxylation sites is 1. The highest BCUT2D eigenvalue weighted by Crippen LogP contribution is 2.27. The van der Waals surface area contributed by atoms with Gasteiger partial charge < -0.3 is 10.1 Å². The number of hydrogen-bond donors (Lipinski definition) is 1. The van der Waals surface area contributed by atoms with E-state index in [1.165, 1.54) is 0 Å². The van der Waals surface area contributed by atoms with Gasteiger partial charge in [-0.2, -0.15) is 0 Å². The molecule has 0 aliphatic heterocycles. The number of benzene rings is 2. The molecule has 1 amide bonds. The van der Waals surface area contributed by atoms with Crippen LogP contribution in [-0.2, 0) is 4.79 Å². The number of anilines is 1. The molecule has 0 radical (unpaired) electrons. The molecule has 3 nitrogen and oxygen atoms in total. The normalized spacial score (nSPS) is 11.8. The van der Waals surface area contributed by atoms with Crippen molar-refractivity contribution in [3.05, 3.63) is 53.1 Å². The Morgan fingerprint density at radius 2 is 2.00 bits per heavy atom. The molecule has 0 aliphatic rings. The summed E-state index contributed by atoms with van der Waals surface area (Å²) in [4.78, 5) is 13.6. The van der Waals surface area contributed by atoms with Crippen LogP contribution in [0.5, 0.6) is 5.75 Å². The van der Waals surface area contributed by atoms with Crippen LogP contribution in [0.3, 0.4) is 0 Å². The van der Waals surface area contributed by atoms with Gasteiger partial charge >= 0.3 is 0 Å². The van der Waals surface area contributed by atoms with Crippen molar-refractivity contribution in [3.63, 3.8) is 0 Å². The molecule has 0 fully saturated rings. The van der Waals surface area contributed by atoms with Gasteiger partial charge in [0.25, 0.3) is 5.91 Å². The topological polar surface area (TPSA) is 38.3 Å². The average molecular weight is 364 g/mol. The molecule has 0 aromatic heterocycles. The molecular formula is C19H22ClNO2S. The summed E-state index contributed by atoms with van der Waals surface area (Å²) in [5.74, 6) is 1.45. The lowest BCUT2D eigenvalue weighted by Crippen LogP contribution is -2.32. The van der Waals surface area contributed by atoms with Crippen LogP contribution in [0.25, 0.3) is 0 Å². The van der Waals surface area contributed by atoms with Crippen LogP contribution in [0.1, 0.15) is 25.8 Å². The van der Waals surface area contributed by atoms with Gasteiger partial charge in [-0.1, -0.05) is 37.6 Å². The van der Waals surface area contributed by atoms with Crippen LogP contribution >= 0.6 is 23.4 Å². The predicted octanol–water partition coefficient (Wildman–Crippen LogP) is 5.56. The second-order valence-corrected chi connectivity index (χ2v) is 7.06. The Morgan fingerprint density at radius 3 is 2.67 bits per heavy atom. The van der Waals surface area contributed by atoms with E-state index in [9.17, 15) is 4.79 Å². The van der Waals surface area contributed by atoms with Gasteiger partial charge in [0.1, 0.15) is 5.75 Å². The molecule has 0 spiro atoms. The third kappa shape index (κ3) is 4.92. The van der Waals surface area contributed by atoms with Crippen LogP contribution in [0.2, 0.25) is 5.02 Å². The van der Waals surface area contributed by atoms with Crippen molar-refractivity contribution >= 4 is 35.0 Å². The molecule has 128 valence electrons. The zero-order valence-electron chi connectivity index (χ0n) is 14.1. The number of nitrogens with one attached hydrogen (secondary N) is 1. The summed E-state index contributed by atoms with van der Waals surface area (Å²) < 4.78 is 5.86. The van der Waals surface area contributed by atoms with Gasteiger partial charge in [0.05, 0.1) is 5.69 Å².